The number of rotatable bonds is 3. The van der Waals surface area contributed by atoms with Crippen molar-refractivity contribution in [1.82, 2.24) is 10.2 Å². The first-order valence-electron chi connectivity index (χ1n) is 6.95. The lowest BCUT2D eigenvalue weighted by Gasteiger charge is -2.36. The van der Waals surface area contributed by atoms with Gasteiger partial charge in [-0.25, -0.2) is 0 Å². The second kappa shape index (κ2) is 5.28. The molecule has 0 amide bonds. The van der Waals surface area contributed by atoms with Gasteiger partial charge in [0, 0.05) is 32.2 Å². The molecule has 16 heavy (non-hydrogen) atoms. The Hall–Kier alpha value is 0.270. The van der Waals surface area contributed by atoms with Gasteiger partial charge in [-0.15, -0.1) is 0 Å². The summed E-state index contributed by atoms with van der Waals surface area (Å²) in [5, 5.41) is 3.70. The topological polar surface area (TPSA) is 15.3 Å². The van der Waals surface area contributed by atoms with E-state index in [1.54, 1.807) is 0 Å². The SMILES string of the molecule is C1CN(CC2CCSCC2)CC(C2CC2)N1. The summed E-state index contributed by atoms with van der Waals surface area (Å²) < 4.78 is 0. The molecule has 2 saturated heterocycles. The van der Waals surface area contributed by atoms with Crippen molar-refractivity contribution >= 4 is 11.8 Å². The summed E-state index contributed by atoms with van der Waals surface area (Å²) in [4.78, 5) is 2.74. The van der Waals surface area contributed by atoms with E-state index >= 15 is 0 Å². The van der Waals surface area contributed by atoms with E-state index in [9.17, 15) is 0 Å². The summed E-state index contributed by atoms with van der Waals surface area (Å²) in [5.41, 5.74) is 0. The molecular weight excluding hydrogens is 216 g/mol. The van der Waals surface area contributed by atoms with Crippen LogP contribution in [0.3, 0.4) is 0 Å². The zero-order valence-corrected chi connectivity index (χ0v) is 11.0. The van der Waals surface area contributed by atoms with Gasteiger partial charge in [0.1, 0.15) is 0 Å². The van der Waals surface area contributed by atoms with E-state index in [1.807, 2.05) is 0 Å². The Balaban J connectivity index is 1.46. The minimum Gasteiger partial charge on any atom is -0.311 e. The molecule has 0 bridgehead atoms. The zero-order valence-electron chi connectivity index (χ0n) is 10.2. The number of nitrogens with zero attached hydrogens (tertiary/aromatic N) is 1. The lowest BCUT2D eigenvalue weighted by molar-refractivity contribution is 0.160. The Labute approximate surface area is 104 Å². The fourth-order valence-corrected chi connectivity index (χ4v) is 4.32. The van der Waals surface area contributed by atoms with E-state index in [0.29, 0.717) is 0 Å². The van der Waals surface area contributed by atoms with Crippen LogP contribution >= 0.6 is 11.8 Å². The van der Waals surface area contributed by atoms with Crippen LogP contribution in [-0.4, -0.2) is 48.6 Å². The number of piperazine rings is 1. The maximum atomic E-state index is 3.70. The van der Waals surface area contributed by atoms with Crippen LogP contribution in [0.4, 0.5) is 0 Å². The van der Waals surface area contributed by atoms with E-state index < -0.39 is 0 Å². The maximum absolute atomic E-state index is 3.70. The molecule has 92 valence electrons. The summed E-state index contributed by atoms with van der Waals surface area (Å²) in [6.45, 7) is 5.22. The van der Waals surface area contributed by atoms with Crippen LogP contribution in [0.5, 0.6) is 0 Å². The highest BCUT2D eigenvalue weighted by Gasteiger charge is 2.34. The van der Waals surface area contributed by atoms with Crippen molar-refractivity contribution in [2.24, 2.45) is 11.8 Å². The summed E-state index contributed by atoms with van der Waals surface area (Å²) in [7, 11) is 0. The van der Waals surface area contributed by atoms with Crippen LogP contribution in [0.2, 0.25) is 0 Å². The molecule has 3 rings (SSSR count). The van der Waals surface area contributed by atoms with Gasteiger partial charge < -0.3 is 10.2 Å². The molecule has 3 heteroatoms. The third kappa shape index (κ3) is 2.93. The molecule has 0 aromatic rings. The van der Waals surface area contributed by atoms with E-state index in [0.717, 1.165) is 17.9 Å². The number of thioether (sulfide) groups is 1. The van der Waals surface area contributed by atoms with Gasteiger partial charge in [0.05, 0.1) is 0 Å². The van der Waals surface area contributed by atoms with Crippen LogP contribution in [0.15, 0.2) is 0 Å². The Kier molecular flexibility index (Phi) is 3.75. The molecule has 1 unspecified atom stereocenters. The Bertz CT molecular complexity index is 224. The van der Waals surface area contributed by atoms with Crippen molar-refractivity contribution in [2.45, 2.75) is 31.7 Å². The first-order chi connectivity index (χ1) is 7.92. The van der Waals surface area contributed by atoms with Crippen molar-refractivity contribution in [3.63, 3.8) is 0 Å². The van der Waals surface area contributed by atoms with Gasteiger partial charge >= 0.3 is 0 Å². The highest BCUT2D eigenvalue weighted by atomic mass is 32.2. The van der Waals surface area contributed by atoms with Gasteiger partial charge in [-0.3, -0.25) is 0 Å². The first kappa shape index (κ1) is 11.4. The second-order valence-corrected chi connectivity index (χ2v) is 6.94. The minimum atomic E-state index is 0.826. The minimum absolute atomic E-state index is 0.826. The average molecular weight is 240 g/mol. The van der Waals surface area contributed by atoms with Crippen molar-refractivity contribution in [1.29, 1.82) is 0 Å². The molecule has 0 aromatic heterocycles. The van der Waals surface area contributed by atoms with Crippen LogP contribution in [0.25, 0.3) is 0 Å². The molecule has 3 aliphatic rings. The molecule has 1 aliphatic carbocycles. The van der Waals surface area contributed by atoms with Gasteiger partial charge in [0.25, 0.3) is 0 Å². The Morgan fingerprint density at radius 1 is 1.12 bits per heavy atom. The summed E-state index contributed by atoms with van der Waals surface area (Å²) in [5.74, 6) is 4.83. The van der Waals surface area contributed by atoms with Gasteiger partial charge in [-0.1, -0.05) is 0 Å². The van der Waals surface area contributed by atoms with E-state index in [-0.39, 0.29) is 0 Å². The molecule has 1 saturated carbocycles. The quantitative estimate of drug-likeness (QED) is 0.810. The monoisotopic (exact) mass is 240 g/mol. The van der Waals surface area contributed by atoms with E-state index in [4.69, 9.17) is 0 Å². The normalized spacial score (nSPS) is 34.1. The van der Waals surface area contributed by atoms with Crippen LogP contribution in [-0.2, 0) is 0 Å². The molecule has 1 atom stereocenters. The third-order valence-corrected chi connectivity index (χ3v) is 5.39. The third-order valence-electron chi connectivity index (χ3n) is 4.34. The van der Waals surface area contributed by atoms with Crippen LogP contribution < -0.4 is 5.32 Å². The predicted molar refractivity (Wildman–Crippen MR) is 71.0 cm³/mol. The maximum Gasteiger partial charge on any atom is 0.0223 e. The summed E-state index contributed by atoms with van der Waals surface area (Å²) >= 11 is 2.15. The van der Waals surface area contributed by atoms with Crippen molar-refractivity contribution < 1.29 is 0 Å². The number of hydrogen-bond donors (Lipinski definition) is 1. The Morgan fingerprint density at radius 3 is 2.69 bits per heavy atom. The van der Waals surface area contributed by atoms with Gasteiger partial charge in [0.15, 0.2) is 0 Å². The summed E-state index contributed by atoms with van der Waals surface area (Å²) in [6.07, 6.45) is 5.88. The average Bonchev–Trinajstić information content (AvgIpc) is 3.15. The first-order valence-corrected chi connectivity index (χ1v) is 8.11. The molecule has 2 nitrogen and oxygen atoms in total. The van der Waals surface area contributed by atoms with E-state index in [2.05, 4.69) is 22.0 Å². The van der Waals surface area contributed by atoms with Gasteiger partial charge in [-0.2, -0.15) is 11.8 Å². The largest absolute Gasteiger partial charge is 0.311 e. The Morgan fingerprint density at radius 2 is 1.94 bits per heavy atom. The zero-order chi connectivity index (χ0) is 10.8. The van der Waals surface area contributed by atoms with Gasteiger partial charge in [-0.05, 0) is 49.0 Å². The van der Waals surface area contributed by atoms with Crippen LogP contribution in [0.1, 0.15) is 25.7 Å². The second-order valence-electron chi connectivity index (χ2n) is 5.71. The lowest BCUT2D eigenvalue weighted by Crippen LogP contribution is -2.52. The van der Waals surface area contributed by atoms with E-state index in [1.165, 1.54) is 63.4 Å². The van der Waals surface area contributed by atoms with Crippen molar-refractivity contribution in [3.8, 4) is 0 Å². The summed E-state index contributed by atoms with van der Waals surface area (Å²) in [6, 6.07) is 0.826. The fraction of sp³-hybridized carbons (Fsp3) is 1.00. The highest BCUT2D eigenvalue weighted by Crippen LogP contribution is 2.34. The molecule has 1 N–H and O–H groups in total. The van der Waals surface area contributed by atoms with Crippen molar-refractivity contribution in [2.75, 3.05) is 37.7 Å². The molecule has 2 aliphatic heterocycles. The molecule has 0 spiro atoms. The predicted octanol–water partition coefficient (Wildman–Crippen LogP) is 1.81. The number of nitrogens with one attached hydrogen (secondary N) is 1. The lowest BCUT2D eigenvalue weighted by atomic mass is 10.0. The molecular formula is C13H24N2S. The highest BCUT2D eigenvalue weighted by molar-refractivity contribution is 7.99. The molecule has 0 radical (unpaired) electrons. The molecule has 3 fully saturated rings. The fourth-order valence-electron chi connectivity index (χ4n) is 3.12. The molecule has 2 heterocycles. The van der Waals surface area contributed by atoms with Crippen LogP contribution in [0, 0.1) is 11.8 Å². The molecule has 0 aromatic carbocycles. The standard InChI is InChI=1S/C13H24N2S/c1-2-12(1)13-10-15(6-5-14-13)9-11-3-7-16-8-4-11/h11-14H,1-10H2. The number of hydrogen-bond acceptors (Lipinski definition) is 3. The van der Waals surface area contributed by atoms with Gasteiger partial charge in [0.2, 0.25) is 0 Å². The smallest absolute Gasteiger partial charge is 0.0223 e. The van der Waals surface area contributed by atoms with Crippen molar-refractivity contribution in [3.05, 3.63) is 0 Å².